The molecule has 0 N–H and O–H groups in total. The molecule has 4 nitrogen and oxygen atoms in total. The van der Waals surface area contributed by atoms with Gasteiger partial charge in [-0.2, -0.15) is 0 Å². The number of ether oxygens (including phenoxy) is 3. The molecule has 0 bridgehead atoms. The van der Waals surface area contributed by atoms with E-state index < -0.39 is 0 Å². The number of hydrogen-bond donors (Lipinski definition) is 0. The largest absolute Gasteiger partial charge is 0.496 e. The van der Waals surface area contributed by atoms with Gasteiger partial charge in [-0.25, -0.2) is 4.98 Å². The van der Waals surface area contributed by atoms with Crippen molar-refractivity contribution in [1.82, 2.24) is 4.98 Å². The van der Waals surface area contributed by atoms with Gasteiger partial charge in [-0.3, -0.25) is 0 Å². The van der Waals surface area contributed by atoms with Crippen molar-refractivity contribution in [3.05, 3.63) is 23.8 Å². The second-order valence-electron chi connectivity index (χ2n) is 5.12. The molecule has 1 heterocycles. The fraction of sp³-hybridized carbons (Fsp3) is 0.438. The predicted molar refractivity (Wildman–Crippen MR) is 77.9 cm³/mol. The lowest BCUT2D eigenvalue weighted by Gasteiger charge is -2.26. The van der Waals surface area contributed by atoms with Gasteiger partial charge >= 0.3 is 0 Å². The summed E-state index contributed by atoms with van der Waals surface area (Å²) in [5.41, 5.74) is 1.88. The van der Waals surface area contributed by atoms with Crippen molar-refractivity contribution in [1.29, 1.82) is 0 Å². The average molecular weight is 273 g/mol. The van der Waals surface area contributed by atoms with E-state index in [1.165, 1.54) is 6.42 Å². The third-order valence-corrected chi connectivity index (χ3v) is 3.90. The van der Waals surface area contributed by atoms with Crippen LogP contribution in [0.3, 0.4) is 0 Å². The maximum Gasteiger partial charge on any atom is 0.217 e. The Hall–Kier alpha value is -1.97. The van der Waals surface area contributed by atoms with Gasteiger partial charge < -0.3 is 14.2 Å². The van der Waals surface area contributed by atoms with Crippen molar-refractivity contribution < 1.29 is 14.2 Å². The zero-order valence-corrected chi connectivity index (χ0v) is 12.1. The number of nitrogens with zero attached hydrogens (tertiary/aromatic N) is 1. The highest BCUT2D eigenvalue weighted by atomic mass is 16.5. The highest BCUT2D eigenvalue weighted by Gasteiger charge is 2.21. The summed E-state index contributed by atoms with van der Waals surface area (Å²) >= 11 is 0. The summed E-state index contributed by atoms with van der Waals surface area (Å²) in [7, 11) is 3.33. The summed E-state index contributed by atoms with van der Waals surface area (Å²) in [5, 5.41) is 0.978. The first-order valence-electron chi connectivity index (χ1n) is 6.92. The lowest BCUT2D eigenvalue weighted by Crippen LogP contribution is -2.25. The monoisotopic (exact) mass is 273 g/mol. The quantitative estimate of drug-likeness (QED) is 0.855. The first kappa shape index (κ1) is 13.0. The zero-order chi connectivity index (χ0) is 14.1. The maximum absolute atomic E-state index is 5.90. The summed E-state index contributed by atoms with van der Waals surface area (Å²) in [4.78, 5) is 4.63. The lowest BCUT2D eigenvalue weighted by atomic mass is 9.96. The molecule has 1 aromatic heterocycles. The fourth-order valence-corrected chi connectivity index (χ4v) is 2.47. The van der Waals surface area contributed by atoms with Gasteiger partial charge in [0.05, 0.1) is 19.7 Å². The van der Waals surface area contributed by atoms with Crippen molar-refractivity contribution in [2.45, 2.75) is 32.3 Å². The topological polar surface area (TPSA) is 40.6 Å². The molecule has 20 heavy (non-hydrogen) atoms. The van der Waals surface area contributed by atoms with Crippen LogP contribution in [0.5, 0.6) is 17.4 Å². The zero-order valence-electron chi connectivity index (χ0n) is 12.1. The summed E-state index contributed by atoms with van der Waals surface area (Å²) in [6.45, 7) is 2.00. The number of rotatable bonds is 4. The molecule has 0 amide bonds. The molecule has 0 saturated heterocycles. The van der Waals surface area contributed by atoms with Crippen LogP contribution in [0.1, 0.15) is 24.8 Å². The van der Waals surface area contributed by atoms with Crippen molar-refractivity contribution >= 4 is 10.9 Å². The lowest BCUT2D eigenvalue weighted by molar-refractivity contribution is 0.115. The van der Waals surface area contributed by atoms with Gasteiger partial charge in [0.25, 0.3) is 0 Å². The number of aromatic nitrogens is 1. The van der Waals surface area contributed by atoms with Gasteiger partial charge in [-0.05, 0) is 38.3 Å². The van der Waals surface area contributed by atoms with Gasteiger partial charge in [-0.15, -0.1) is 0 Å². The first-order chi connectivity index (χ1) is 9.72. The summed E-state index contributed by atoms with van der Waals surface area (Å²) in [5.74, 6) is 2.25. The van der Waals surface area contributed by atoms with Crippen LogP contribution in [0.2, 0.25) is 0 Å². The number of aryl methyl sites for hydroxylation is 1. The molecule has 1 aromatic carbocycles. The SMILES string of the molecule is COc1ccc2c(OC)cc(OC3CCC3)nc2c1C. The summed E-state index contributed by atoms with van der Waals surface area (Å²) < 4.78 is 16.7. The Morgan fingerprint density at radius 2 is 1.85 bits per heavy atom. The van der Waals surface area contributed by atoms with Crippen LogP contribution in [-0.2, 0) is 0 Å². The minimum atomic E-state index is 0.301. The molecule has 0 atom stereocenters. The van der Waals surface area contributed by atoms with Gasteiger partial charge in [0.2, 0.25) is 5.88 Å². The Bertz CT molecular complexity index is 635. The molecule has 1 aliphatic carbocycles. The fourth-order valence-electron chi connectivity index (χ4n) is 2.47. The smallest absolute Gasteiger partial charge is 0.217 e. The third-order valence-electron chi connectivity index (χ3n) is 3.90. The molecule has 3 rings (SSSR count). The van der Waals surface area contributed by atoms with Gasteiger partial charge in [-0.1, -0.05) is 0 Å². The van der Waals surface area contributed by atoms with E-state index in [0.29, 0.717) is 12.0 Å². The second kappa shape index (κ2) is 5.19. The normalized spacial score (nSPS) is 14.9. The van der Waals surface area contributed by atoms with E-state index in [1.54, 1.807) is 14.2 Å². The van der Waals surface area contributed by atoms with E-state index in [1.807, 2.05) is 25.1 Å². The maximum atomic E-state index is 5.90. The van der Waals surface area contributed by atoms with E-state index in [-0.39, 0.29) is 0 Å². The Labute approximate surface area is 118 Å². The van der Waals surface area contributed by atoms with E-state index in [2.05, 4.69) is 4.98 Å². The average Bonchev–Trinajstić information content (AvgIpc) is 2.43. The van der Waals surface area contributed by atoms with Gasteiger partial charge in [0, 0.05) is 17.0 Å². The van der Waals surface area contributed by atoms with E-state index in [4.69, 9.17) is 14.2 Å². The minimum Gasteiger partial charge on any atom is -0.496 e. The Kier molecular flexibility index (Phi) is 3.38. The molecule has 1 fully saturated rings. The summed E-state index contributed by atoms with van der Waals surface area (Å²) in [6.07, 6.45) is 3.76. The molecule has 4 heteroatoms. The molecular weight excluding hydrogens is 254 g/mol. The third kappa shape index (κ3) is 2.15. The molecule has 0 radical (unpaired) electrons. The van der Waals surface area contributed by atoms with Crippen LogP contribution in [-0.4, -0.2) is 25.3 Å². The molecule has 0 aliphatic heterocycles. The van der Waals surface area contributed by atoms with Crippen molar-refractivity contribution in [2.24, 2.45) is 0 Å². The first-order valence-corrected chi connectivity index (χ1v) is 6.92. The van der Waals surface area contributed by atoms with Crippen LogP contribution in [0, 0.1) is 6.92 Å². The number of pyridine rings is 1. The predicted octanol–water partition coefficient (Wildman–Crippen LogP) is 3.49. The van der Waals surface area contributed by atoms with Gasteiger partial charge in [0.1, 0.15) is 17.6 Å². The highest BCUT2D eigenvalue weighted by molar-refractivity contribution is 5.89. The Balaban J connectivity index is 2.10. The molecule has 1 saturated carbocycles. The Morgan fingerprint density at radius 1 is 1.10 bits per heavy atom. The number of hydrogen-bond acceptors (Lipinski definition) is 4. The van der Waals surface area contributed by atoms with Crippen LogP contribution >= 0.6 is 0 Å². The van der Waals surface area contributed by atoms with Crippen LogP contribution in [0.15, 0.2) is 18.2 Å². The summed E-state index contributed by atoms with van der Waals surface area (Å²) in [6, 6.07) is 5.78. The number of fused-ring (bicyclic) bond motifs is 1. The number of methoxy groups -OCH3 is 2. The molecular formula is C16H19NO3. The van der Waals surface area contributed by atoms with Crippen molar-refractivity contribution in [2.75, 3.05) is 14.2 Å². The van der Waals surface area contributed by atoms with Crippen LogP contribution < -0.4 is 14.2 Å². The van der Waals surface area contributed by atoms with Crippen molar-refractivity contribution in [3.8, 4) is 17.4 Å². The van der Waals surface area contributed by atoms with Crippen LogP contribution in [0.4, 0.5) is 0 Å². The molecule has 2 aromatic rings. The van der Waals surface area contributed by atoms with Gasteiger partial charge in [0.15, 0.2) is 0 Å². The Morgan fingerprint density at radius 3 is 2.45 bits per heavy atom. The molecule has 106 valence electrons. The standard InChI is InChI=1S/C16H19NO3/c1-10-13(18-2)8-7-12-14(19-3)9-15(17-16(10)12)20-11-5-4-6-11/h7-9,11H,4-6H2,1-3H3. The molecule has 1 aliphatic rings. The second-order valence-corrected chi connectivity index (χ2v) is 5.12. The van der Waals surface area contributed by atoms with E-state index >= 15 is 0 Å². The van der Waals surface area contributed by atoms with E-state index in [0.717, 1.165) is 40.8 Å². The molecule has 0 spiro atoms. The molecule has 0 unspecified atom stereocenters. The van der Waals surface area contributed by atoms with E-state index in [9.17, 15) is 0 Å². The van der Waals surface area contributed by atoms with Crippen molar-refractivity contribution in [3.63, 3.8) is 0 Å². The number of benzene rings is 1. The highest BCUT2D eigenvalue weighted by Crippen LogP contribution is 2.35. The van der Waals surface area contributed by atoms with Crippen LogP contribution in [0.25, 0.3) is 10.9 Å². The minimum absolute atomic E-state index is 0.301.